The van der Waals surface area contributed by atoms with Gasteiger partial charge in [0.25, 0.3) is 0 Å². The molecule has 3 heteroatoms. The van der Waals surface area contributed by atoms with E-state index in [1.807, 2.05) is 12.1 Å². The Morgan fingerprint density at radius 3 is 0.933 bits per heavy atom. The van der Waals surface area contributed by atoms with E-state index >= 15 is 0 Å². The molecular weight excluding hydrogens is 199 g/mol. The van der Waals surface area contributed by atoms with Crippen molar-refractivity contribution in [3.8, 4) is 11.5 Å². The predicted octanol–water partition coefficient (Wildman–Crippen LogP) is 2.14. The van der Waals surface area contributed by atoms with Crippen LogP contribution in [0.5, 0.6) is 11.5 Å². The molecule has 0 bridgehead atoms. The summed E-state index contributed by atoms with van der Waals surface area (Å²) in [6, 6.07) is 17.4. The van der Waals surface area contributed by atoms with Crippen molar-refractivity contribution in [1.82, 2.24) is 0 Å². The van der Waals surface area contributed by atoms with Gasteiger partial charge in [-0.3, -0.25) is 0 Å². The Morgan fingerprint density at radius 2 is 0.800 bits per heavy atom. The summed E-state index contributed by atoms with van der Waals surface area (Å²) in [6.07, 6.45) is 0. The molecule has 2 nitrogen and oxygen atoms in total. The second-order valence-corrected chi connectivity index (χ2v) is 2.67. The van der Waals surface area contributed by atoms with Gasteiger partial charge in [0.05, 0.1) is 0 Å². The Kier molecular flexibility index (Phi) is 7.82. The molecule has 0 heterocycles. The summed E-state index contributed by atoms with van der Waals surface area (Å²) in [5, 5.41) is 17.3. The molecule has 0 radical (unpaired) electrons. The minimum absolute atomic E-state index is 0. The van der Waals surface area contributed by atoms with Crippen LogP contribution in [0.3, 0.4) is 0 Å². The molecule has 0 aliphatic heterocycles. The van der Waals surface area contributed by atoms with Crippen LogP contribution in [0.2, 0.25) is 0 Å². The number of rotatable bonds is 0. The van der Waals surface area contributed by atoms with Crippen LogP contribution >= 0.6 is 0 Å². The molecule has 0 aliphatic carbocycles. The van der Waals surface area contributed by atoms with Crippen molar-refractivity contribution in [3.63, 3.8) is 0 Å². The number of benzene rings is 2. The maximum atomic E-state index is 8.63. The van der Waals surface area contributed by atoms with E-state index in [2.05, 4.69) is 0 Å². The second-order valence-electron chi connectivity index (χ2n) is 2.67. The quantitative estimate of drug-likeness (QED) is 0.657. The molecule has 15 heavy (non-hydrogen) atoms. The zero-order valence-electron chi connectivity index (χ0n) is 7.67. The first-order chi connectivity index (χ1) is 6.79. The van der Waals surface area contributed by atoms with Crippen LogP contribution in [-0.4, -0.2) is 39.8 Å². The van der Waals surface area contributed by atoms with Crippen LogP contribution in [0.15, 0.2) is 60.7 Å². The molecule has 0 unspecified atom stereocenters. The molecule has 2 aromatic carbocycles. The van der Waals surface area contributed by atoms with E-state index in [4.69, 9.17) is 10.2 Å². The fraction of sp³-hybridized carbons (Fsp3) is 0. The van der Waals surface area contributed by atoms with Gasteiger partial charge in [-0.25, -0.2) is 0 Å². The third-order valence-electron chi connectivity index (χ3n) is 1.51. The molecule has 0 saturated heterocycles. The number of hydrogen-bond donors (Lipinski definition) is 2. The Morgan fingerprint density at radius 1 is 0.533 bits per heavy atom. The molecular formula is C12H13NaO2. The molecule has 0 spiro atoms. The normalized spacial score (nSPS) is 8.00. The Hall–Kier alpha value is -0.960. The van der Waals surface area contributed by atoms with Gasteiger partial charge in [0, 0.05) is 0 Å². The Bertz CT molecular complexity index is 311. The second kappa shape index (κ2) is 8.36. The standard InChI is InChI=1S/2C6H6O.Na.H/c2*7-6-4-2-1-3-5-6;;/h2*1-5,7H;;. The third kappa shape index (κ3) is 7.03. The van der Waals surface area contributed by atoms with Crippen molar-refractivity contribution in [3.05, 3.63) is 60.7 Å². The molecule has 0 saturated carbocycles. The third-order valence-corrected chi connectivity index (χ3v) is 1.51. The molecule has 2 N–H and O–H groups in total. The van der Waals surface area contributed by atoms with Crippen molar-refractivity contribution in [1.29, 1.82) is 0 Å². The number of phenols is 2. The Labute approximate surface area is 111 Å². The summed E-state index contributed by atoms with van der Waals surface area (Å²) in [5.74, 6) is 0.644. The summed E-state index contributed by atoms with van der Waals surface area (Å²) >= 11 is 0. The maximum absolute atomic E-state index is 8.63. The fourth-order valence-corrected chi connectivity index (χ4v) is 0.856. The van der Waals surface area contributed by atoms with Crippen LogP contribution in [0.4, 0.5) is 0 Å². The zero-order chi connectivity index (χ0) is 10.2. The van der Waals surface area contributed by atoms with Gasteiger partial charge in [-0.2, -0.15) is 0 Å². The van der Waals surface area contributed by atoms with Crippen molar-refractivity contribution >= 4 is 29.6 Å². The average molecular weight is 212 g/mol. The molecule has 0 aromatic heterocycles. The van der Waals surface area contributed by atoms with Crippen LogP contribution in [0, 0.1) is 0 Å². The zero-order valence-corrected chi connectivity index (χ0v) is 7.67. The molecule has 0 fully saturated rings. The van der Waals surface area contributed by atoms with E-state index in [-0.39, 0.29) is 29.6 Å². The number of aromatic hydroxyl groups is 2. The van der Waals surface area contributed by atoms with Gasteiger partial charge < -0.3 is 10.2 Å². The first-order valence-corrected chi connectivity index (χ1v) is 4.27. The monoisotopic (exact) mass is 212 g/mol. The van der Waals surface area contributed by atoms with Crippen LogP contribution < -0.4 is 0 Å². The number of para-hydroxylation sites is 2. The van der Waals surface area contributed by atoms with Gasteiger partial charge in [0.15, 0.2) is 0 Å². The fourth-order valence-electron chi connectivity index (χ4n) is 0.856. The summed E-state index contributed by atoms with van der Waals surface area (Å²) < 4.78 is 0. The summed E-state index contributed by atoms with van der Waals surface area (Å²) in [5.41, 5.74) is 0. The van der Waals surface area contributed by atoms with Crippen LogP contribution in [0.25, 0.3) is 0 Å². The number of hydrogen-bond acceptors (Lipinski definition) is 2. The predicted molar refractivity (Wildman–Crippen MR) is 63.4 cm³/mol. The first kappa shape index (κ1) is 14.0. The first-order valence-electron chi connectivity index (χ1n) is 4.27. The van der Waals surface area contributed by atoms with Gasteiger partial charge in [0.1, 0.15) is 11.5 Å². The molecule has 2 aromatic rings. The minimum atomic E-state index is 0. The molecule has 0 amide bonds. The molecule has 0 atom stereocenters. The van der Waals surface area contributed by atoms with Gasteiger partial charge in [-0.15, -0.1) is 0 Å². The molecule has 2 rings (SSSR count). The average Bonchev–Trinajstić information content (AvgIpc) is 2.21. The molecule has 74 valence electrons. The van der Waals surface area contributed by atoms with E-state index in [9.17, 15) is 0 Å². The van der Waals surface area contributed by atoms with Crippen LogP contribution in [0.1, 0.15) is 0 Å². The summed E-state index contributed by atoms with van der Waals surface area (Å²) in [7, 11) is 0. The van der Waals surface area contributed by atoms with E-state index < -0.39 is 0 Å². The number of phenolic OH excluding ortho intramolecular Hbond substituents is 2. The van der Waals surface area contributed by atoms with Crippen molar-refractivity contribution in [2.75, 3.05) is 0 Å². The van der Waals surface area contributed by atoms with Gasteiger partial charge in [-0.1, -0.05) is 36.4 Å². The van der Waals surface area contributed by atoms with Gasteiger partial charge in [-0.05, 0) is 24.3 Å². The SMILES string of the molecule is Oc1ccccc1.Oc1ccccc1.[NaH]. The van der Waals surface area contributed by atoms with E-state index in [1.165, 1.54) is 0 Å². The molecule has 0 aliphatic rings. The Balaban J connectivity index is 0.000000245. The van der Waals surface area contributed by atoms with Crippen molar-refractivity contribution < 1.29 is 10.2 Å². The summed E-state index contributed by atoms with van der Waals surface area (Å²) in [4.78, 5) is 0. The summed E-state index contributed by atoms with van der Waals surface area (Å²) in [6.45, 7) is 0. The van der Waals surface area contributed by atoms with Crippen molar-refractivity contribution in [2.45, 2.75) is 0 Å². The van der Waals surface area contributed by atoms with E-state index in [0.29, 0.717) is 11.5 Å². The topological polar surface area (TPSA) is 40.5 Å². The van der Waals surface area contributed by atoms with Crippen LogP contribution in [-0.2, 0) is 0 Å². The van der Waals surface area contributed by atoms with Crippen molar-refractivity contribution in [2.24, 2.45) is 0 Å². The van der Waals surface area contributed by atoms with E-state index in [1.54, 1.807) is 48.5 Å². The van der Waals surface area contributed by atoms with Gasteiger partial charge in [0.2, 0.25) is 0 Å². The van der Waals surface area contributed by atoms with Gasteiger partial charge >= 0.3 is 29.6 Å². The van der Waals surface area contributed by atoms with E-state index in [0.717, 1.165) is 0 Å².